The maximum Gasteiger partial charge on any atom is 0.209 e. The van der Waals surface area contributed by atoms with Gasteiger partial charge in [-0.05, 0) is 36.1 Å². The van der Waals surface area contributed by atoms with E-state index in [9.17, 15) is 0 Å². The van der Waals surface area contributed by atoms with E-state index in [0.29, 0.717) is 0 Å². The summed E-state index contributed by atoms with van der Waals surface area (Å²) in [5.74, 6) is 1.04. The third-order valence-electron chi connectivity index (χ3n) is 2.81. The summed E-state index contributed by atoms with van der Waals surface area (Å²) in [5, 5.41) is 16.2. The number of thioether (sulfide) groups is 1. The molecular formula is C11H21N5OS. The molecule has 1 aliphatic carbocycles. The molecule has 0 saturated heterocycles. The zero-order valence-corrected chi connectivity index (χ0v) is 11.7. The molecular weight excluding hydrogens is 250 g/mol. The number of ether oxygens (including phenoxy) is 1. The lowest BCUT2D eigenvalue weighted by molar-refractivity contribution is 0.194. The fourth-order valence-corrected chi connectivity index (χ4v) is 2.52. The number of methoxy groups -OCH3 is 1. The first-order chi connectivity index (χ1) is 8.90. The minimum absolute atomic E-state index is 0.742. The topological polar surface area (TPSA) is 64.9 Å². The van der Waals surface area contributed by atoms with Crippen molar-refractivity contribution in [3.05, 3.63) is 0 Å². The van der Waals surface area contributed by atoms with E-state index in [-0.39, 0.29) is 0 Å². The number of nitrogens with zero attached hydrogens (tertiary/aromatic N) is 4. The Balaban J connectivity index is 1.62. The Hall–Kier alpha value is -0.660. The van der Waals surface area contributed by atoms with Crippen molar-refractivity contribution in [1.29, 1.82) is 0 Å². The Bertz CT molecular complexity index is 342. The highest BCUT2D eigenvalue weighted by Crippen LogP contribution is 2.18. The van der Waals surface area contributed by atoms with Crippen LogP contribution in [0.25, 0.3) is 0 Å². The predicted molar refractivity (Wildman–Crippen MR) is 70.7 cm³/mol. The van der Waals surface area contributed by atoms with Crippen LogP contribution < -0.4 is 5.32 Å². The van der Waals surface area contributed by atoms with E-state index in [4.69, 9.17) is 4.74 Å². The van der Waals surface area contributed by atoms with Crippen LogP contribution in [-0.2, 0) is 11.3 Å². The number of nitrogens with one attached hydrogen (secondary N) is 1. The second-order valence-corrected chi connectivity index (χ2v) is 5.52. The van der Waals surface area contributed by atoms with Crippen molar-refractivity contribution in [2.45, 2.75) is 43.4 Å². The molecule has 7 heteroatoms. The van der Waals surface area contributed by atoms with E-state index < -0.39 is 0 Å². The van der Waals surface area contributed by atoms with E-state index in [1.165, 1.54) is 12.8 Å². The van der Waals surface area contributed by atoms with Crippen LogP contribution in [0.3, 0.4) is 0 Å². The summed E-state index contributed by atoms with van der Waals surface area (Å²) in [6.07, 6.45) is 4.85. The summed E-state index contributed by atoms with van der Waals surface area (Å²) in [4.78, 5) is 0. The summed E-state index contributed by atoms with van der Waals surface area (Å²) >= 11 is 1.72. The van der Waals surface area contributed by atoms with Crippen LogP contribution in [0.4, 0.5) is 0 Å². The first kappa shape index (κ1) is 13.8. The molecule has 1 fully saturated rings. The minimum Gasteiger partial charge on any atom is -0.385 e. The number of aromatic nitrogens is 4. The van der Waals surface area contributed by atoms with E-state index in [1.54, 1.807) is 18.9 Å². The van der Waals surface area contributed by atoms with Crippen molar-refractivity contribution in [3.63, 3.8) is 0 Å². The minimum atomic E-state index is 0.742. The van der Waals surface area contributed by atoms with E-state index in [2.05, 4.69) is 20.8 Å². The van der Waals surface area contributed by atoms with Gasteiger partial charge in [0.2, 0.25) is 5.16 Å². The molecule has 1 saturated carbocycles. The molecule has 0 aromatic carbocycles. The molecule has 0 amide bonds. The molecule has 0 spiro atoms. The smallest absolute Gasteiger partial charge is 0.209 e. The van der Waals surface area contributed by atoms with Gasteiger partial charge in [-0.15, -0.1) is 5.10 Å². The number of rotatable bonds is 10. The van der Waals surface area contributed by atoms with Gasteiger partial charge in [-0.1, -0.05) is 11.8 Å². The van der Waals surface area contributed by atoms with Gasteiger partial charge in [-0.2, -0.15) is 0 Å². The Kier molecular flexibility index (Phi) is 5.89. The zero-order valence-electron chi connectivity index (χ0n) is 10.8. The summed E-state index contributed by atoms with van der Waals surface area (Å²) in [7, 11) is 1.74. The molecule has 1 N–H and O–H groups in total. The second kappa shape index (κ2) is 7.70. The molecule has 1 aromatic heterocycles. The molecule has 0 radical (unpaired) electrons. The lowest BCUT2D eigenvalue weighted by Crippen LogP contribution is -2.22. The molecule has 2 rings (SSSR count). The largest absolute Gasteiger partial charge is 0.385 e. The fraction of sp³-hybridized carbons (Fsp3) is 0.909. The van der Waals surface area contributed by atoms with E-state index >= 15 is 0 Å². The molecule has 0 atom stereocenters. The van der Waals surface area contributed by atoms with Gasteiger partial charge in [0, 0.05) is 32.1 Å². The first-order valence-corrected chi connectivity index (χ1v) is 7.50. The molecule has 1 aliphatic rings. The molecule has 102 valence electrons. The number of unbranched alkanes of at least 4 members (excludes halogenated alkanes) is 1. The maximum atomic E-state index is 5.02. The maximum absolute atomic E-state index is 5.02. The third-order valence-corrected chi connectivity index (χ3v) is 3.85. The van der Waals surface area contributed by atoms with Crippen molar-refractivity contribution in [1.82, 2.24) is 25.5 Å². The van der Waals surface area contributed by atoms with Crippen molar-refractivity contribution in [3.8, 4) is 0 Å². The summed E-state index contributed by atoms with van der Waals surface area (Å²) in [6, 6.07) is 0.742. The van der Waals surface area contributed by atoms with Crippen LogP contribution in [0, 0.1) is 0 Å². The monoisotopic (exact) mass is 271 g/mol. The first-order valence-electron chi connectivity index (χ1n) is 6.51. The Morgan fingerprint density at radius 1 is 1.44 bits per heavy atom. The molecule has 6 nitrogen and oxygen atoms in total. The average Bonchev–Trinajstić information content (AvgIpc) is 3.09. The molecule has 0 unspecified atom stereocenters. The zero-order chi connectivity index (χ0) is 12.6. The standard InChI is InChI=1S/C11H21N5OS/c1-17-8-2-3-9-18-11-13-14-15-16(11)7-6-12-10-4-5-10/h10,12H,2-9H2,1H3. The highest BCUT2D eigenvalue weighted by atomic mass is 32.2. The summed E-state index contributed by atoms with van der Waals surface area (Å²) < 4.78 is 6.91. The van der Waals surface area contributed by atoms with E-state index in [1.807, 2.05) is 4.68 Å². The van der Waals surface area contributed by atoms with Gasteiger partial charge in [-0.3, -0.25) is 0 Å². The highest BCUT2D eigenvalue weighted by molar-refractivity contribution is 7.99. The molecule has 0 aliphatic heterocycles. The van der Waals surface area contributed by atoms with Gasteiger partial charge >= 0.3 is 0 Å². The van der Waals surface area contributed by atoms with Gasteiger partial charge < -0.3 is 10.1 Å². The van der Waals surface area contributed by atoms with Crippen LogP contribution in [0.2, 0.25) is 0 Å². The molecule has 18 heavy (non-hydrogen) atoms. The Morgan fingerprint density at radius 3 is 3.11 bits per heavy atom. The van der Waals surface area contributed by atoms with Gasteiger partial charge in [0.1, 0.15) is 0 Å². The SMILES string of the molecule is COCCCCSc1nnnn1CCNC1CC1. The average molecular weight is 271 g/mol. The van der Waals surface area contributed by atoms with Crippen LogP contribution in [0.1, 0.15) is 25.7 Å². The quantitative estimate of drug-likeness (QED) is 0.505. The van der Waals surface area contributed by atoms with Crippen molar-refractivity contribution in [2.75, 3.05) is 26.0 Å². The van der Waals surface area contributed by atoms with Gasteiger partial charge in [0.05, 0.1) is 6.54 Å². The number of tetrazole rings is 1. The van der Waals surface area contributed by atoms with Crippen LogP contribution >= 0.6 is 11.8 Å². The van der Waals surface area contributed by atoms with Gasteiger partial charge in [-0.25, -0.2) is 4.68 Å². The molecule has 1 aromatic rings. The lowest BCUT2D eigenvalue weighted by Gasteiger charge is -2.05. The molecule has 1 heterocycles. The van der Waals surface area contributed by atoms with Crippen molar-refractivity contribution >= 4 is 11.8 Å². The van der Waals surface area contributed by atoms with Crippen LogP contribution in [-0.4, -0.2) is 52.3 Å². The lowest BCUT2D eigenvalue weighted by atomic mass is 10.4. The fourth-order valence-electron chi connectivity index (χ4n) is 1.61. The number of hydrogen-bond acceptors (Lipinski definition) is 6. The van der Waals surface area contributed by atoms with Gasteiger partial charge in [0.15, 0.2) is 0 Å². The molecule has 0 bridgehead atoms. The summed E-state index contributed by atoms with van der Waals surface area (Å²) in [5.41, 5.74) is 0. The van der Waals surface area contributed by atoms with Crippen LogP contribution in [0.5, 0.6) is 0 Å². The van der Waals surface area contributed by atoms with Gasteiger partial charge in [0.25, 0.3) is 0 Å². The van der Waals surface area contributed by atoms with Crippen molar-refractivity contribution < 1.29 is 4.74 Å². The summed E-state index contributed by atoms with van der Waals surface area (Å²) in [6.45, 7) is 2.63. The predicted octanol–water partition coefficient (Wildman–Crippen LogP) is 0.944. The highest BCUT2D eigenvalue weighted by Gasteiger charge is 2.19. The van der Waals surface area contributed by atoms with E-state index in [0.717, 1.165) is 49.5 Å². The second-order valence-electron chi connectivity index (χ2n) is 4.46. The normalized spacial score (nSPS) is 15.2. The number of hydrogen-bond donors (Lipinski definition) is 1. The van der Waals surface area contributed by atoms with Crippen molar-refractivity contribution in [2.24, 2.45) is 0 Å². The third kappa shape index (κ3) is 4.91. The van der Waals surface area contributed by atoms with Crippen LogP contribution in [0.15, 0.2) is 5.16 Å². The Labute approximate surface area is 112 Å². The Morgan fingerprint density at radius 2 is 2.33 bits per heavy atom.